The van der Waals surface area contributed by atoms with Crippen LogP contribution in [0.3, 0.4) is 0 Å². The van der Waals surface area contributed by atoms with Crippen LogP contribution in [-0.4, -0.2) is 65.6 Å². The van der Waals surface area contributed by atoms with Crippen LogP contribution in [0.5, 0.6) is 0 Å². The van der Waals surface area contributed by atoms with E-state index in [2.05, 4.69) is 33.1 Å². The second kappa shape index (κ2) is 9.77. The van der Waals surface area contributed by atoms with Crippen LogP contribution in [0, 0.1) is 0 Å². The number of aromatic nitrogens is 1. The summed E-state index contributed by atoms with van der Waals surface area (Å²) in [7, 11) is 0. The maximum absolute atomic E-state index is 12.7. The SMILES string of the molecule is O=C(Nc1ccc2c(ccn2CCN2CCOCC2)c1)c1ccc(CN2CCCC2=O)cc1. The number of carbonyl (C=O) groups excluding carboxylic acids is 2. The summed E-state index contributed by atoms with van der Waals surface area (Å²) in [6, 6.07) is 15.7. The van der Waals surface area contributed by atoms with Crippen LogP contribution in [0.4, 0.5) is 5.69 Å². The van der Waals surface area contributed by atoms with Gasteiger partial charge in [-0.2, -0.15) is 0 Å². The third kappa shape index (κ3) is 5.10. The predicted octanol–water partition coefficient (Wildman–Crippen LogP) is 3.35. The van der Waals surface area contributed by atoms with Gasteiger partial charge in [-0.25, -0.2) is 0 Å². The fourth-order valence-corrected chi connectivity index (χ4v) is 4.60. The van der Waals surface area contributed by atoms with Crippen molar-refractivity contribution in [3.05, 3.63) is 65.9 Å². The van der Waals surface area contributed by atoms with Crippen LogP contribution < -0.4 is 5.32 Å². The van der Waals surface area contributed by atoms with E-state index in [0.29, 0.717) is 18.5 Å². The lowest BCUT2D eigenvalue weighted by molar-refractivity contribution is -0.128. The molecule has 0 atom stereocenters. The Labute approximate surface area is 193 Å². The highest BCUT2D eigenvalue weighted by Crippen LogP contribution is 2.22. The molecule has 7 heteroatoms. The number of ether oxygens (including phenoxy) is 1. The Morgan fingerprint density at radius 1 is 0.970 bits per heavy atom. The zero-order valence-corrected chi connectivity index (χ0v) is 18.8. The highest BCUT2D eigenvalue weighted by molar-refractivity contribution is 6.05. The topological polar surface area (TPSA) is 66.8 Å². The first-order valence-electron chi connectivity index (χ1n) is 11.7. The summed E-state index contributed by atoms with van der Waals surface area (Å²) in [5.41, 5.74) is 3.60. The molecule has 2 fully saturated rings. The molecular weight excluding hydrogens is 416 g/mol. The fourth-order valence-electron chi connectivity index (χ4n) is 4.60. The van der Waals surface area contributed by atoms with E-state index in [1.54, 1.807) is 0 Å². The molecule has 3 aromatic rings. The third-order valence-electron chi connectivity index (χ3n) is 6.55. The van der Waals surface area contributed by atoms with Crippen molar-refractivity contribution >= 4 is 28.4 Å². The van der Waals surface area contributed by atoms with Gasteiger partial charge in [-0.15, -0.1) is 0 Å². The van der Waals surface area contributed by atoms with E-state index in [0.717, 1.165) is 69.0 Å². The Hall–Kier alpha value is -3.16. The van der Waals surface area contributed by atoms with Gasteiger partial charge in [0, 0.05) is 74.0 Å². The summed E-state index contributed by atoms with van der Waals surface area (Å²) < 4.78 is 7.69. The highest BCUT2D eigenvalue weighted by atomic mass is 16.5. The lowest BCUT2D eigenvalue weighted by Gasteiger charge is -2.26. The molecule has 2 saturated heterocycles. The number of morpholine rings is 1. The fraction of sp³-hybridized carbons (Fsp3) is 0.385. The molecule has 5 rings (SSSR count). The Morgan fingerprint density at radius 3 is 2.55 bits per heavy atom. The van der Waals surface area contributed by atoms with Crippen molar-refractivity contribution in [1.82, 2.24) is 14.4 Å². The summed E-state index contributed by atoms with van der Waals surface area (Å²) in [5, 5.41) is 4.12. The normalized spacial score (nSPS) is 17.1. The number of nitrogens with one attached hydrogen (secondary N) is 1. The second-order valence-corrected chi connectivity index (χ2v) is 8.81. The van der Waals surface area contributed by atoms with E-state index >= 15 is 0 Å². The first-order chi connectivity index (χ1) is 16.2. The molecule has 0 unspecified atom stereocenters. The minimum atomic E-state index is -0.134. The average molecular weight is 447 g/mol. The van der Waals surface area contributed by atoms with Gasteiger partial charge in [0.15, 0.2) is 0 Å². The molecule has 3 heterocycles. The van der Waals surface area contributed by atoms with Gasteiger partial charge < -0.3 is 19.5 Å². The zero-order chi connectivity index (χ0) is 22.6. The van der Waals surface area contributed by atoms with E-state index in [-0.39, 0.29) is 11.8 Å². The summed E-state index contributed by atoms with van der Waals surface area (Å²) in [6.45, 7) is 6.99. The first-order valence-corrected chi connectivity index (χ1v) is 11.7. The van der Waals surface area contributed by atoms with Gasteiger partial charge in [0.05, 0.1) is 13.2 Å². The van der Waals surface area contributed by atoms with Gasteiger partial charge in [-0.05, 0) is 48.4 Å². The summed E-state index contributed by atoms with van der Waals surface area (Å²) in [5.74, 6) is 0.0760. The number of anilines is 1. The standard InChI is InChI=1S/C26H30N4O3/c31-25-2-1-10-30(25)19-20-3-5-21(6-4-20)26(32)27-23-7-8-24-22(18-23)9-11-29(24)13-12-28-14-16-33-17-15-28/h3-9,11,18H,1-2,10,12-17,19H2,(H,27,32). The smallest absolute Gasteiger partial charge is 0.255 e. The summed E-state index contributed by atoms with van der Waals surface area (Å²) >= 11 is 0. The maximum Gasteiger partial charge on any atom is 0.255 e. The molecule has 0 radical (unpaired) electrons. The highest BCUT2D eigenvalue weighted by Gasteiger charge is 2.20. The molecule has 0 aliphatic carbocycles. The number of hydrogen-bond donors (Lipinski definition) is 1. The van der Waals surface area contributed by atoms with Crippen LogP contribution in [0.25, 0.3) is 10.9 Å². The van der Waals surface area contributed by atoms with E-state index in [1.807, 2.05) is 41.3 Å². The van der Waals surface area contributed by atoms with Crippen LogP contribution >= 0.6 is 0 Å². The van der Waals surface area contributed by atoms with E-state index in [1.165, 1.54) is 5.52 Å². The van der Waals surface area contributed by atoms with Gasteiger partial charge in [0.1, 0.15) is 0 Å². The van der Waals surface area contributed by atoms with Gasteiger partial charge in [0.2, 0.25) is 5.91 Å². The van der Waals surface area contributed by atoms with Crippen molar-refractivity contribution < 1.29 is 14.3 Å². The van der Waals surface area contributed by atoms with Gasteiger partial charge in [0.25, 0.3) is 5.91 Å². The lowest BCUT2D eigenvalue weighted by atomic mass is 10.1. The number of fused-ring (bicyclic) bond motifs is 1. The van der Waals surface area contributed by atoms with Gasteiger partial charge in [-0.1, -0.05) is 12.1 Å². The van der Waals surface area contributed by atoms with E-state index in [4.69, 9.17) is 4.74 Å². The molecule has 0 spiro atoms. The quantitative estimate of drug-likeness (QED) is 0.605. The number of nitrogens with zero attached hydrogens (tertiary/aromatic N) is 3. The molecule has 7 nitrogen and oxygen atoms in total. The van der Waals surface area contributed by atoms with Crippen LogP contribution in [0.1, 0.15) is 28.8 Å². The maximum atomic E-state index is 12.7. The molecule has 172 valence electrons. The molecule has 2 aliphatic heterocycles. The number of likely N-dealkylation sites (tertiary alicyclic amines) is 1. The van der Waals surface area contributed by atoms with Crippen molar-refractivity contribution in [3.63, 3.8) is 0 Å². The van der Waals surface area contributed by atoms with Crippen molar-refractivity contribution in [2.24, 2.45) is 0 Å². The lowest BCUT2D eigenvalue weighted by Crippen LogP contribution is -2.38. The number of benzene rings is 2. The molecule has 0 bridgehead atoms. The van der Waals surface area contributed by atoms with E-state index in [9.17, 15) is 9.59 Å². The Kier molecular flexibility index (Phi) is 6.41. The molecular formula is C26H30N4O3. The minimum Gasteiger partial charge on any atom is -0.379 e. The van der Waals surface area contributed by atoms with Crippen molar-refractivity contribution in [2.75, 3.05) is 44.7 Å². The summed E-state index contributed by atoms with van der Waals surface area (Å²) in [4.78, 5) is 28.9. The van der Waals surface area contributed by atoms with Crippen LogP contribution in [0.2, 0.25) is 0 Å². The second-order valence-electron chi connectivity index (χ2n) is 8.81. The number of carbonyl (C=O) groups is 2. The molecule has 2 aliphatic rings. The zero-order valence-electron chi connectivity index (χ0n) is 18.8. The van der Waals surface area contributed by atoms with Crippen molar-refractivity contribution in [1.29, 1.82) is 0 Å². The van der Waals surface area contributed by atoms with Crippen molar-refractivity contribution in [2.45, 2.75) is 25.9 Å². The predicted molar refractivity (Wildman–Crippen MR) is 128 cm³/mol. The number of amides is 2. The molecule has 2 amide bonds. The Balaban J connectivity index is 1.19. The number of rotatable bonds is 7. The van der Waals surface area contributed by atoms with Gasteiger partial charge in [-0.3, -0.25) is 14.5 Å². The van der Waals surface area contributed by atoms with Gasteiger partial charge >= 0.3 is 0 Å². The average Bonchev–Trinajstić information content (AvgIpc) is 3.44. The van der Waals surface area contributed by atoms with Crippen LogP contribution in [0.15, 0.2) is 54.7 Å². The monoisotopic (exact) mass is 446 g/mol. The van der Waals surface area contributed by atoms with Crippen molar-refractivity contribution in [3.8, 4) is 0 Å². The minimum absolute atomic E-state index is 0.134. The summed E-state index contributed by atoms with van der Waals surface area (Å²) in [6.07, 6.45) is 3.68. The first kappa shape index (κ1) is 21.7. The Morgan fingerprint density at radius 2 is 1.79 bits per heavy atom. The molecule has 2 aromatic carbocycles. The Bertz CT molecular complexity index is 1130. The number of hydrogen-bond acceptors (Lipinski definition) is 4. The largest absolute Gasteiger partial charge is 0.379 e. The van der Waals surface area contributed by atoms with Crippen LogP contribution in [-0.2, 0) is 22.6 Å². The molecule has 33 heavy (non-hydrogen) atoms. The molecule has 1 N–H and O–H groups in total. The molecule has 0 saturated carbocycles. The third-order valence-corrected chi connectivity index (χ3v) is 6.55. The van der Waals surface area contributed by atoms with E-state index < -0.39 is 0 Å². The molecule has 1 aromatic heterocycles.